The second-order valence-corrected chi connectivity index (χ2v) is 6.04. The number of carbonyl (C=O) groups is 1. The molecule has 0 aliphatic heterocycles. The molecule has 2 N–H and O–H groups in total. The highest BCUT2D eigenvalue weighted by molar-refractivity contribution is 5.82. The van der Waals surface area contributed by atoms with Crippen molar-refractivity contribution in [1.29, 1.82) is 0 Å². The number of likely N-dealkylation sites (N-methyl/N-ethyl adjacent to an activating group) is 1. The van der Waals surface area contributed by atoms with Crippen molar-refractivity contribution in [2.24, 2.45) is 23.0 Å². The summed E-state index contributed by atoms with van der Waals surface area (Å²) in [5.74, 6) is 1.55. The number of rotatable bonds is 3. The summed E-state index contributed by atoms with van der Waals surface area (Å²) in [6.07, 6.45) is 1.25. The van der Waals surface area contributed by atoms with Gasteiger partial charge < -0.3 is 10.6 Å². The average molecular weight is 212 g/mol. The Hall–Kier alpha value is -0.570. The number of amides is 1. The monoisotopic (exact) mass is 212 g/mol. The molecule has 1 aliphatic rings. The molecule has 0 bridgehead atoms. The molecule has 0 saturated heterocycles. The van der Waals surface area contributed by atoms with Crippen molar-refractivity contribution in [2.75, 3.05) is 13.6 Å². The summed E-state index contributed by atoms with van der Waals surface area (Å²) in [4.78, 5) is 13.8. The van der Waals surface area contributed by atoms with Crippen LogP contribution in [0.2, 0.25) is 0 Å². The molecule has 0 aromatic carbocycles. The van der Waals surface area contributed by atoms with Gasteiger partial charge in [-0.25, -0.2) is 0 Å². The van der Waals surface area contributed by atoms with Gasteiger partial charge in [-0.1, -0.05) is 27.7 Å². The molecule has 3 atom stereocenters. The maximum absolute atomic E-state index is 12.0. The van der Waals surface area contributed by atoms with Crippen molar-refractivity contribution >= 4 is 5.91 Å². The van der Waals surface area contributed by atoms with Crippen molar-refractivity contribution in [3.05, 3.63) is 0 Å². The SMILES string of the molecule is CC1CC1CN(C)C(=O)[C@H](N)C(C)(C)C. The van der Waals surface area contributed by atoms with Gasteiger partial charge in [0.2, 0.25) is 5.91 Å². The molecule has 1 fully saturated rings. The summed E-state index contributed by atoms with van der Waals surface area (Å²) in [5, 5.41) is 0. The highest BCUT2D eigenvalue weighted by Crippen LogP contribution is 2.38. The van der Waals surface area contributed by atoms with Gasteiger partial charge in [-0.15, -0.1) is 0 Å². The first-order valence-electron chi connectivity index (χ1n) is 5.74. The Balaban J connectivity index is 2.45. The summed E-state index contributed by atoms with van der Waals surface area (Å²) >= 11 is 0. The van der Waals surface area contributed by atoms with Crippen molar-refractivity contribution in [2.45, 2.75) is 40.2 Å². The van der Waals surface area contributed by atoms with Gasteiger partial charge in [0.05, 0.1) is 6.04 Å². The van der Waals surface area contributed by atoms with Crippen LogP contribution in [0.15, 0.2) is 0 Å². The molecule has 15 heavy (non-hydrogen) atoms. The van der Waals surface area contributed by atoms with Crippen LogP contribution in [0, 0.1) is 17.3 Å². The van der Waals surface area contributed by atoms with Crippen LogP contribution in [0.4, 0.5) is 0 Å². The standard InChI is InChI=1S/C12H24N2O/c1-8-6-9(8)7-14(5)11(15)10(13)12(2,3)4/h8-10H,6-7,13H2,1-5H3/t8?,9?,10-/m0/s1. The molecule has 0 heterocycles. The molecule has 0 aromatic rings. The fourth-order valence-electron chi connectivity index (χ4n) is 1.70. The van der Waals surface area contributed by atoms with E-state index in [1.165, 1.54) is 6.42 Å². The lowest BCUT2D eigenvalue weighted by Gasteiger charge is -2.30. The van der Waals surface area contributed by atoms with E-state index in [9.17, 15) is 4.79 Å². The van der Waals surface area contributed by atoms with Crippen LogP contribution in [0.25, 0.3) is 0 Å². The van der Waals surface area contributed by atoms with Crippen LogP contribution in [-0.4, -0.2) is 30.4 Å². The molecular weight excluding hydrogens is 188 g/mol. The van der Waals surface area contributed by atoms with Crippen molar-refractivity contribution in [1.82, 2.24) is 4.90 Å². The summed E-state index contributed by atoms with van der Waals surface area (Å²) in [6.45, 7) is 9.10. The third-order valence-electron chi connectivity index (χ3n) is 3.36. The first-order valence-corrected chi connectivity index (χ1v) is 5.74. The summed E-state index contributed by atoms with van der Waals surface area (Å²) in [5.41, 5.74) is 5.78. The number of hydrogen-bond acceptors (Lipinski definition) is 2. The Morgan fingerprint density at radius 3 is 2.33 bits per heavy atom. The van der Waals surface area contributed by atoms with Crippen LogP contribution in [-0.2, 0) is 4.79 Å². The molecule has 2 unspecified atom stereocenters. The largest absolute Gasteiger partial charge is 0.344 e. The predicted molar refractivity (Wildman–Crippen MR) is 62.3 cm³/mol. The molecule has 0 spiro atoms. The van der Waals surface area contributed by atoms with Crippen LogP contribution in [0.3, 0.4) is 0 Å². The Morgan fingerprint density at radius 1 is 1.53 bits per heavy atom. The fraction of sp³-hybridized carbons (Fsp3) is 0.917. The van der Waals surface area contributed by atoms with E-state index in [-0.39, 0.29) is 11.3 Å². The maximum Gasteiger partial charge on any atom is 0.239 e. The quantitative estimate of drug-likeness (QED) is 0.770. The molecule has 1 aliphatic carbocycles. The highest BCUT2D eigenvalue weighted by atomic mass is 16.2. The van der Waals surface area contributed by atoms with E-state index in [1.807, 2.05) is 27.8 Å². The summed E-state index contributed by atoms with van der Waals surface area (Å²) in [6, 6.07) is -0.392. The molecule has 3 heteroatoms. The van der Waals surface area contributed by atoms with E-state index in [1.54, 1.807) is 4.90 Å². The van der Waals surface area contributed by atoms with Crippen molar-refractivity contribution in [3.63, 3.8) is 0 Å². The van der Waals surface area contributed by atoms with Crippen LogP contribution in [0.5, 0.6) is 0 Å². The third kappa shape index (κ3) is 3.20. The molecule has 1 rings (SSSR count). The smallest absolute Gasteiger partial charge is 0.239 e. The molecule has 0 aromatic heterocycles. The molecule has 88 valence electrons. The number of hydrogen-bond donors (Lipinski definition) is 1. The van der Waals surface area contributed by atoms with E-state index in [0.717, 1.165) is 12.5 Å². The lowest BCUT2D eigenvalue weighted by atomic mass is 9.86. The number of nitrogens with two attached hydrogens (primary N) is 1. The van der Waals surface area contributed by atoms with Gasteiger partial charge >= 0.3 is 0 Å². The highest BCUT2D eigenvalue weighted by Gasteiger charge is 2.36. The van der Waals surface area contributed by atoms with Gasteiger partial charge in [-0.2, -0.15) is 0 Å². The van der Waals surface area contributed by atoms with Gasteiger partial charge in [0.1, 0.15) is 0 Å². The Labute approximate surface area is 93.0 Å². The van der Waals surface area contributed by atoms with Crippen LogP contribution in [0.1, 0.15) is 34.1 Å². The topological polar surface area (TPSA) is 46.3 Å². The second kappa shape index (κ2) is 4.12. The van der Waals surface area contributed by atoms with Crippen molar-refractivity contribution in [3.8, 4) is 0 Å². The van der Waals surface area contributed by atoms with Crippen LogP contribution >= 0.6 is 0 Å². The number of carbonyl (C=O) groups excluding carboxylic acids is 1. The van der Waals surface area contributed by atoms with Crippen LogP contribution < -0.4 is 5.73 Å². The first-order chi connectivity index (χ1) is 6.73. The van der Waals surface area contributed by atoms with E-state index in [0.29, 0.717) is 5.92 Å². The molecule has 3 nitrogen and oxygen atoms in total. The van der Waals surface area contributed by atoms with Gasteiger partial charge in [-0.05, 0) is 23.7 Å². The summed E-state index contributed by atoms with van der Waals surface area (Å²) in [7, 11) is 1.86. The number of nitrogens with zero attached hydrogens (tertiary/aromatic N) is 1. The van der Waals surface area contributed by atoms with E-state index < -0.39 is 6.04 Å². The Kier molecular flexibility index (Phi) is 3.44. The molecular formula is C12H24N2O. The lowest BCUT2D eigenvalue weighted by Crippen LogP contribution is -2.49. The Bertz CT molecular complexity index is 244. The molecule has 1 saturated carbocycles. The lowest BCUT2D eigenvalue weighted by molar-refractivity contribution is -0.133. The summed E-state index contributed by atoms with van der Waals surface area (Å²) < 4.78 is 0. The van der Waals surface area contributed by atoms with Crippen molar-refractivity contribution < 1.29 is 4.79 Å². The minimum absolute atomic E-state index is 0.0709. The molecule has 1 amide bonds. The van der Waals surface area contributed by atoms with E-state index in [2.05, 4.69) is 6.92 Å². The predicted octanol–water partition coefficient (Wildman–Crippen LogP) is 1.47. The van der Waals surface area contributed by atoms with Gasteiger partial charge in [0.25, 0.3) is 0 Å². The fourth-order valence-corrected chi connectivity index (χ4v) is 1.70. The van der Waals surface area contributed by atoms with Gasteiger partial charge in [0.15, 0.2) is 0 Å². The van der Waals surface area contributed by atoms with E-state index in [4.69, 9.17) is 5.73 Å². The Morgan fingerprint density at radius 2 is 2.00 bits per heavy atom. The first kappa shape index (κ1) is 12.5. The zero-order valence-corrected chi connectivity index (χ0v) is 10.6. The normalized spacial score (nSPS) is 27.3. The zero-order chi connectivity index (χ0) is 11.8. The van der Waals surface area contributed by atoms with E-state index >= 15 is 0 Å². The minimum Gasteiger partial charge on any atom is -0.344 e. The minimum atomic E-state index is -0.392. The average Bonchev–Trinajstić information content (AvgIpc) is 2.77. The van der Waals surface area contributed by atoms with Gasteiger partial charge in [0, 0.05) is 13.6 Å². The van der Waals surface area contributed by atoms with Gasteiger partial charge in [-0.3, -0.25) is 4.79 Å². The second-order valence-electron chi connectivity index (χ2n) is 6.04. The molecule has 0 radical (unpaired) electrons. The third-order valence-corrected chi connectivity index (χ3v) is 3.36. The maximum atomic E-state index is 12.0. The zero-order valence-electron chi connectivity index (χ0n) is 10.6.